The molecule has 0 saturated carbocycles. The Kier molecular flexibility index (Phi) is 6.13. The van der Waals surface area contributed by atoms with Crippen LogP contribution in [0.4, 0.5) is 0 Å². The Morgan fingerprint density at radius 2 is 1.65 bits per heavy atom. The molecule has 2 rings (SSSR count). The fourth-order valence-corrected chi connectivity index (χ4v) is 2.23. The van der Waals surface area contributed by atoms with Gasteiger partial charge in [0.1, 0.15) is 11.3 Å². The monoisotopic (exact) mass is 350 g/mol. The van der Waals surface area contributed by atoms with Gasteiger partial charge in [0.25, 0.3) is 5.91 Å². The Hall–Kier alpha value is -3.13. The Balaban J connectivity index is 1.95. The average Bonchev–Trinajstić information content (AvgIpc) is 2.66. The highest BCUT2D eigenvalue weighted by atomic mass is 16.5. The van der Waals surface area contributed by atoms with Crippen molar-refractivity contribution in [3.63, 3.8) is 0 Å². The fraction of sp³-hybridized carbons (Fsp3) is 0.286. The van der Waals surface area contributed by atoms with E-state index in [0.29, 0.717) is 16.9 Å². The van der Waals surface area contributed by atoms with Gasteiger partial charge in [-0.1, -0.05) is 44.2 Å². The maximum atomic E-state index is 12.3. The Labute approximate surface area is 153 Å². The molecular formula is C21H22N2O3. The summed E-state index contributed by atoms with van der Waals surface area (Å²) in [6.07, 6.45) is 0. The molecule has 134 valence electrons. The smallest absolute Gasteiger partial charge is 0.259 e. The van der Waals surface area contributed by atoms with Crippen LogP contribution in [0, 0.1) is 17.2 Å². The lowest BCUT2D eigenvalue weighted by atomic mass is 9.90. The van der Waals surface area contributed by atoms with Crippen molar-refractivity contribution in [3.05, 3.63) is 65.7 Å². The van der Waals surface area contributed by atoms with Gasteiger partial charge >= 0.3 is 0 Å². The Morgan fingerprint density at radius 3 is 2.19 bits per heavy atom. The average molecular weight is 350 g/mol. The molecule has 0 aliphatic rings. The van der Waals surface area contributed by atoms with E-state index in [9.17, 15) is 14.9 Å². The van der Waals surface area contributed by atoms with Crippen molar-refractivity contribution >= 4 is 11.7 Å². The van der Waals surface area contributed by atoms with Crippen LogP contribution in [0.1, 0.15) is 36.7 Å². The molecule has 0 bridgehead atoms. The van der Waals surface area contributed by atoms with Gasteiger partial charge in [-0.2, -0.15) is 5.26 Å². The molecule has 0 aliphatic heterocycles. The number of carbonyl (C=O) groups is 2. The zero-order valence-electron chi connectivity index (χ0n) is 15.2. The molecule has 0 aliphatic carbocycles. The number of hydrogen-bond acceptors (Lipinski definition) is 4. The third-order valence-electron chi connectivity index (χ3n) is 4.31. The van der Waals surface area contributed by atoms with E-state index in [1.165, 1.54) is 0 Å². The molecule has 5 heteroatoms. The number of nitriles is 1. The number of nitrogens with zero attached hydrogens (tertiary/aromatic N) is 1. The summed E-state index contributed by atoms with van der Waals surface area (Å²) in [7, 11) is 0. The minimum atomic E-state index is -0.938. The summed E-state index contributed by atoms with van der Waals surface area (Å²) >= 11 is 0. The molecule has 26 heavy (non-hydrogen) atoms. The van der Waals surface area contributed by atoms with Gasteiger partial charge in [-0.25, -0.2) is 0 Å². The fourth-order valence-electron chi connectivity index (χ4n) is 2.23. The second kappa shape index (κ2) is 8.30. The van der Waals surface area contributed by atoms with Crippen molar-refractivity contribution in [3.8, 4) is 11.8 Å². The summed E-state index contributed by atoms with van der Waals surface area (Å²) in [5, 5.41) is 11.9. The predicted molar refractivity (Wildman–Crippen MR) is 98.8 cm³/mol. The first-order valence-electron chi connectivity index (χ1n) is 8.40. The van der Waals surface area contributed by atoms with Gasteiger partial charge in [0.05, 0.1) is 6.07 Å². The van der Waals surface area contributed by atoms with Crippen LogP contribution in [-0.4, -0.2) is 23.8 Å². The summed E-state index contributed by atoms with van der Waals surface area (Å²) in [4.78, 5) is 24.4. The lowest BCUT2D eigenvalue weighted by Crippen LogP contribution is -2.50. The lowest BCUT2D eigenvalue weighted by molar-refractivity contribution is -0.124. The molecule has 0 fully saturated rings. The van der Waals surface area contributed by atoms with Crippen LogP contribution in [0.3, 0.4) is 0 Å². The number of nitrogens with one attached hydrogen (secondary N) is 1. The van der Waals surface area contributed by atoms with Crippen LogP contribution < -0.4 is 10.1 Å². The molecule has 2 aromatic rings. The number of benzene rings is 2. The number of ether oxygens (including phenoxy) is 1. The molecule has 0 saturated heterocycles. The van der Waals surface area contributed by atoms with Crippen molar-refractivity contribution in [2.45, 2.75) is 26.3 Å². The number of carbonyl (C=O) groups excluding carboxylic acids is 2. The van der Waals surface area contributed by atoms with E-state index in [4.69, 9.17) is 4.74 Å². The van der Waals surface area contributed by atoms with Crippen LogP contribution >= 0.6 is 0 Å². The first kappa shape index (κ1) is 19.2. The SMILES string of the molecule is CC(C)C(C)(C#N)NC(=O)COc1ccc(C(=O)c2ccccc2)cc1. The molecule has 1 unspecified atom stereocenters. The summed E-state index contributed by atoms with van der Waals surface area (Å²) < 4.78 is 5.45. The van der Waals surface area contributed by atoms with Crippen molar-refractivity contribution in [2.75, 3.05) is 6.61 Å². The second-order valence-corrected chi connectivity index (χ2v) is 6.53. The van der Waals surface area contributed by atoms with Gasteiger partial charge in [-0.3, -0.25) is 9.59 Å². The van der Waals surface area contributed by atoms with Gasteiger partial charge in [0.2, 0.25) is 0 Å². The topological polar surface area (TPSA) is 79.2 Å². The lowest BCUT2D eigenvalue weighted by Gasteiger charge is -2.27. The maximum absolute atomic E-state index is 12.3. The minimum Gasteiger partial charge on any atom is -0.484 e. The summed E-state index contributed by atoms with van der Waals surface area (Å²) in [5.74, 6) is 0.0107. The highest BCUT2D eigenvalue weighted by Gasteiger charge is 2.29. The minimum absolute atomic E-state index is 0.0280. The van der Waals surface area contributed by atoms with Crippen LogP contribution in [0.2, 0.25) is 0 Å². The van der Waals surface area contributed by atoms with Gasteiger partial charge in [-0.15, -0.1) is 0 Å². The van der Waals surface area contributed by atoms with Crippen LogP contribution in [-0.2, 0) is 4.79 Å². The quantitative estimate of drug-likeness (QED) is 0.777. The Bertz CT molecular complexity index is 807. The van der Waals surface area contributed by atoms with Crippen LogP contribution in [0.5, 0.6) is 5.75 Å². The number of rotatable bonds is 7. The van der Waals surface area contributed by atoms with Crippen molar-refractivity contribution in [2.24, 2.45) is 5.92 Å². The molecule has 0 heterocycles. The van der Waals surface area contributed by atoms with Crippen molar-refractivity contribution in [1.82, 2.24) is 5.32 Å². The van der Waals surface area contributed by atoms with Gasteiger partial charge in [0.15, 0.2) is 12.4 Å². The molecule has 5 nitrogen and oxygen atoms in total. The molecule has 0 radical (unpaired) electrons. The van der Waals surface area contributed by atoms with Crippen molar-refractivity contribution in [1.29, 1.82) is 5.26 Å². The summed E-state index contributed by atoms with van der Waals surface area (Å²) in [5.41, 5.74) is 0.224. The molecule has 1 amide bonds. The third kappa shape index (κ3) is 4.70. The zero-order chi connectivity index (χ0) is 19.2. The van der Waals surface area contributed by atoms with Gasteiger partial charge in [0, 0.05) is 11.1 Å². The van der Waals surface area contributed by atoms with Crippen LogP contribution in [0.15, 0.2) is 54.6 Å². The van der Waals surface area contributed by atoms with E-state index in [1.54, 1.807) is 43.3 Å². The highest BCUT2D eigenvalue weighted by molar-refractivity contribution is 6.08. The van der Waals surface area contributed by atoms with Crippen molar-refractivity contribution < 1.29 is 14.3 Å². The molecule has 2 aromatic carbocycles. The summed E-state index contributed by atoms with van der Waals surface area (Å²) in [6, 6.07) is 17.7. The third-order valence-corrected chi connectivity index (χ3v) is 4.31. The Morgan fingerprint density at radius 1 is 1.08 bits per heavy atom. The maximum Gasteiger partial charge on any atom is 0.259 e. The molecule has 0 aromatic heterocycles. The molecule has 1 atom stereocenters. The van der Waals surface area contributed by atoms with E-state index in [-0.39, 0.29) is 24.2 Å². The normalized spacial score (nSPS) is 12.7. The van der Waals surface area contributed by atoms with E-state index >= 15 is 0 Å². The number of hydrogen-bond donors (Lipinski definition) is 1. The highest BCUT2D eigenvalue weighted by Crippen LogP contribution is 2.17. The largest absolute Gasteiger partial charge is 0.484 e. The van der Waals surface area contributed by atoms with Crippen LogP contribution in [0.25, 0.3) is 0 Å². The molecule has 0 spiro atoms. The second-order valence-electron chi connectivity index (χ2n) is 6.53. The van der Waals surface area contributed by atoms with E-state index in [1.807, 2.05) is 32.0 Å². The van der Waals surface area contributed by atoms with Gasteiger partial charge < -0.3 is 10.1 Å². The number of amides is 1. The van der Waals surface area contributed by atoms with E-state index in [2.05, 4.69) is 11.4 Å². The standard InChI is InChI=1S/C21H22N2O3/c1-15(2)21(3,14-22)23-19(24)13-26-18-11-9-17(10-12-18)20(25)16-7-5-4-6-8-16/h4-12,15H,13H2,1-3H3,(H,23,24). The number of ketones is 1. The first-order chi connectivity index (χ1) is 12.4. The van der Waals surface area contributed by atoms with Gasteiger partial charge in [-0.05, 0) is 37.1 Å². The first-order valence-corrected chi connectivity index (χ1v) is 8.40. The summed E-state index contributed by atoms with van der Waals surface area (Å²) in [6.45, 7) is 5.22. The molecular weight excluding hydrogens is 328 g/mol. The van der Waals surface area contributed by atoms with E-state index < -0.39 is 5.54 Å². The molecule has 1 N–H and O–H groups in total. The van der Waals surface area contributed by atoms with E-state index in [0.717, 1.165) is 0 Å². The predicted octanol–water partition coefficient (Wildman–Crippen LogP) is 3.35. The zero-order valence-corrected chi connectivity index (χ0v) is 15.2.